The van der Waals surface area contributed by atoms with Crippen molar-refractivity contribution in [2.24, 2.45) is 5.92 Å². The van der Waals surface area contributed by atoms with Gasteiger partial charge >= 0.3 is 0 Å². The maximum absolute atomic E-state index is 5.95. The van der Waals surface area contributed by atoms with E-state index in [1.165, 1.54) is 90.0 Å². The molecule has 0 spiro atoms. The predicted octanol–water partition coefficient (Wildman–Crippen LogP) is 4.13. The van der Waals surface area contributed by atoms with Crippen molar-refractivity contribution in [3.63, 3.8) is 0 Å². The largest absolute Gasteiger partial charge is 0.369 e. The monoisotopic (exact) mass is 364 g/mol. The second kappa shape index (κ2) is 9.86. The van der Waals surface area contributed by atoms with Crippen LogP contribution in [0.1, 0.15) is 89.9 Å². The van der Waals surface area contributed by atoms with Gasteiger partial charge in [-0.2, -0.15) is 0 Å². The van der Waals surface area contributed by atoms with Gasteiger partial charge in [-0.05, 0) is 51.0 Å². The van der Waals surface area contributed by atoms with E-state index in [4.69, 9.17) is 9.47 Å². The van der Waals surface area contributed by atoms with Gasteiger partial charge in [-0.1, -0.05) is 44.9 Å². The molecule has 4 rings (SSSR count). The third-order valence-corrected chi connectivity index (χ3v) is 7.22. The molecule has 4 aliphatic rings. The molecule has 4 heteroatoms. The van der Waals surface area contributed by atoms with E-state index in [1.54, 1.807) is 0 Å². The van der Waals surface area contributed by atoms with Gasteiger partial charge in [0.05, 0.1) is 25.0 Å². The van der Waals surface area contributed by atoms with Crippen LogP contribution in [-0.4, -0.2) is 43.7 Å². The number of hydrogen-bond donors (Lipinski definition) is 2. The van der Waals surface area contributed by atoms with Gasteiger partial charge in [-0.3, -0.25) is 5.32 Å². The van der Waals surface area contributed by atoms with Crippen LogP contribution in [0.3, 0.4) is 0 Å². The van der Waals surface area contributed by atoms with Crippen LogP contribution >= 0.6 is 0 Å². The molecule has 4 nitrogen and oxygen atoms in total. The first kappa shape index (κ1) is 19.2. The van der Waals surface area contributed by atoms with Crippen molar-refractivity contribution in [3.05, 3.63) is 0 Å². The molecule has 4 bridgehead atoms. The van der Waals surface area contributed by atoms with Gasteiger partial charge in [0.1, 0.15) is 0 Å². The molecule has 3 aliphatic heterocycles. The normalized spacial score (nSPS) is 43.4. The first-order valence-electron chi connectivity index (χ1n) is 11.6. The first-order valence-corrected chi connectivity index (χ1v) is 11.6. The lowest BCUT2D eigenvalue weighted by molar-refractivity contribution is -0.0209. The van der Waals surface area contributed by atoms with E-state index in [9.17, 15) is 0 Å². The fourth-order valence-electron chi connectivity index (χ4n) is 5.56. The van der Waals surface area contributed by atoms with Crippen LogP contribution in [0.15, 0.2) is 0 Å². The van der Waals surface area contributed by atoms with Gasteiger partial charge in [0.2, 0.25) is 0 Å². The van der Waals surface area contributed by atoms with Gasteiger partial charge < -0.3 is 14.8 Å². The Kier molecular flexibility index (Phi) is 7.27. The summed E-state index contributed by atoms with van der Waals surface area (Å²) in [5, 5.41) is 7.42. The van der Waals surface area contributed by atoms with E-state index in [0.717, 1.165) is 25.1 Å². The van der Waals surface area contributed by atoms with Crippen LogP contribution in [0.2, 0.25) is 0 Å². The third kappa shape index (κ3) is 5.92. The van der Waals surface area contributed by atoms with Crippen molar-refractivity contribution >= 4 is 0 Å². The fourth-order valence-corrected chi connectivity index (χ4v) is 5.56. The fraction of sp³-hybridized carbons (Fsp3) is 1.00. The lowest BCUT2D eigenvalue weighted by Gasteiger charge is -2.30. The zero-order valence-corrected chi connectivity index (χ0v) is 16.6. The standard InChI is InChI=1S/C22H40N2O2/c1-2-4-9-19-14-20(25-16-24-19)15-22-21(26-22)11-6-12-23-18-10-5-8-17(13-18)7-3-1/h17-24H,1-16H2. The third-order valence-electron chi connectivity index (χ3n) is 7.22. The highest BCUT2D eigenvalue weighted by Gasteiger charge is 2.40. The van der Waals surface area contributed by atoms with E-state index in [1.807, 2.05) is 0 Å². The summed E-state index contributed by atoms with van der Waals surface area (Å²) in [6.07, 6.45) is 20.4. The summed E-state index contributed by atoms with van der Waals surface area (Å²) in [6.45, 7) is 1.91. The number of nitrogens with one attached hydrogen (secondary N) is 2. The molecular formula is C22H40N2O2. The van der Waals surface area contributed by atoms with E-state index in [-0.39, 0.29) is 0 Å². The van der Waals surface area contributed by atoms with Gasteiger partial charge in [0.15, 0.2) is 0 Å². The highest BCUT2D eigenvalue weighted by molar-refractivity contribution is 4.89. The van der Waals surface area contributed by atoms with Crippen LogP contribution in [-0.2, 0) is 9.47 Å². The quantitative estimate of drug-likeness (QED) is 0.635. The van der Waals surface area contributed by atoms with Crippen molar-refractivity contribution in [3.8, 4) is 0 Å². The second-order valence-corrected chi connectivity index (χ2v) is 9.34. The number of ether oxygens (including phenoxy) is 2. The Morgan fingerprint density at radius 1 is 0.615 bits per heavy atom. The smallest absolute Gasteiger partial charge is 0.0971 e. The Balaban J connectivity index is 1.26. The van der Waals surface area contributed by atoms with Crippen molar-refractivity contribution in [2.45, 2.75) is 120 Å². The molecule has 2 N–H and O–H groups in total. The molecule has 3 saturated heterocycles. The summed E-state index contributed by atoms with van der Waals surface area (Å²) in [4.78, 5) is 0. The lowest BCUT2D eigenvalue weighted by Crippen LogP contribution is -2.42. The summed E-state index contributed by atoms with van der Waals surface area (Å²) >= 11 is 0. The molecule has 3 heterocycles. The van der Waals surface area contributed by atoms with E-state index in [0.29, 0.717) is 24.4 Å². The molecule has 0 amide bonds. The topological polar surface area (TPSA) is 45.8 Å². The van der Waals surface area contributed by atoms with Crippen LogP contribution in [0.25, 0.3) is 0 Å². The molecule has 6 atom stereocenters. The van der Waals surface area contributed by atoms with Crippen molar-refractivity contribution < 1.29 is 9.47 Å². The molecule has 0 aromatic carbocycles. The molecule has 150 valence electrons. The Morgan fingerprint density at radius 3 is 2.38 bits per heavy atom. The number of fused-ring (bicyclic) bond motifs is 5. The molecule has 26 heavy (non-hydrogen) atoms. The van der Waals surface area contributed by atoms with Gasteiger partial charge in [-0.15, -0.1) is 0 Å². The van der Waals surface area contributed by atoms with Gasteiger partial charge in [-0.25, -0.2) is 0 Å². The average molecular weight is 365 g/mol. The maximum atomic E-state index is 5.95. The summed E-state index contributed by atoms with van der Waals surface area (Å²) in [5.74, 6) is 0.984. The summed E-state index contributed by atoms with van der Waals surface area (Å²) < 4.78 is 11.9. The van der Waals surface area contributed by atoms with E-state index >= 15 is 0 Å². The van der Waals surface area contributed by atoms with Crippen molar-refractivity contribution in [1.82, 2.24) is 10.6 Å². The molecule has 6 unspecified atom stereocenters. The number of epoxide rings is 1. The minimum absolute atomic E-state index is 0.413. The van der Waals surface area contributed by atoms with Crippen molar-refractivity contribution in [1.29, 1.82) is 0 Å². The van der Waals surface area contributed by atoms with E-state index < -0.39 is 0 Å². The lowest BCUT2D eigenvalue weighted by atomic mass is 9.82. The maximum Gasteiger partial charge on any atom is 0.0971 e. The molecular weight excluding hydrogens is 324 g/mol. The van der Waals surface area contributed by atoms with E-state index in [2.05, 4.69) is 10.6 Å². The zero-order chi connectivity index (χ0) is 17.6. The summed E-state index contributed by atoms with van der Waals surface area (Å²) in [6, 6.07) is 1.45. The Labute approximate surface area is 160 Å². The van der Waals surface area contributed by atoms with Crippen LogP contribution < -0.4 is 10.6 Å². The molecule has 1 saturated carbocycles. The number of hydrogen-bond acceptors (Lipinski definition) is 4. The van der Waals surface area contributed by atoms with Gasteiger partial charge in [0.25, 0.3) is 0 Å². The van der Waals surface area contributed by atoms with Crippen LogP contribution in [0.4, 0.5) is 0 Å². The summed E-state index contributed by atoms with van der Waals surface area (Å²) in [7, 11) is 0. The highest BCUT2D eigenvalue weighted by Crippen LogP contribution is 2.33. The Hall–Kier alpha value is -0.160. The molecule has 0 aromatic heterocycles. The molecule has 0 radical (unpaired) electrons. The average Bonchev–Trinajstić information content (AvgIpc) is 3.39. The van der Waals surface area contributed by atoms with Crippen LogP contribution in [0, 0.1) is 5.92 Å². The first-order chi connectivity index (χ1) is 12.9. The number of rotatable bonds is 0. The zero-order valence-electron chi connectivity index (χ0n) is 16.6. The second-order valence-electron chi connectivity index (χ2n) is 9.34. The highest BCUT2D eigenvalue weighted by atomic mass is 16.6. The molecule has 4 fully saturated rings. The van der Waals surface area contributed by atoms with Crippen molar-refractivity contribution in [2.75, 3.05) is 13.3 Å². The minimum Gasteiger partial charge on any atom is -0.369 e. The summed E-state index contributed by atoms with van der Waals surface area (Å²) in [5.41, 5.74) is 0. The predicted molar refractivity (Wildman–Crippen MR) is 105 cm³/mol. The Morgan fingerprint density at radius 2 is 1.42 bits per heavy atom. The van der Waals surface area contributed by atoms with Gasteiger partial charge in [0, 0.05) is 18.5 Å². The van der Waals surface area contributed by atoms with Crippen LogP contribution in [0.5, 0.6) is 0 Å². The Bertz CT molecular complexity index is 419. The minimum atomic E-state index is 0.413. The molecule has 1 aliphatic carbocycles. The SMILES string of the molecule is C1CCCC2CC(CC3OC3CCCNC3CCCC(CC1)C3)OCN2. The molecule has 0 aromatic rings.